The maximum atomic E-state index is 5.61. The van der Waals surface area contributed by atoms with Gasteiger partial charge >= 0.3 is 0 Å². The molecule has 2 aromatic rings. The quantitative estimate of drug-likeness (QED) is 0.693. The molecule has 0 saturated heterocycles. The Kier molecular flexibility index (Phi) is 1.54. The molecule has 0 atom stereocenters. The van der Waals surface area contributed by atoms with Crippen LogP contribution in [0, 0.1) is 0 Å². The van der Waals surface area contributed by atoms with Gasteiger partial charge in [-0.15, -0.1) is 5.10 Å². The molecule has 0 aliphatic rings. The molecule has 4 nitrogen and oxygen atoms in total. The van der Waals surface area contributed by atoms with Crippen LogP contribution in [0.25, 0.3) is 5.65 Å². The smallest absolute Gasteiger partial charge is 0.218 e. The van der Waals surface area contributed by atoms with Crippen molar-refractivity contribution < 1.29 is 0 Å². The van der Waals surface area contributed by atoms with E-state index in [4.69, 9.17) is 11.6 Å². The summed E-state index contributed by atoms with van der Waals surface area (Å²) in [7, 11) is 0. The fraction of sp³-hybridized carbons (Fsp3) is 0. The Hall–Kier alpha value is -0.680. The Morgan fingerprint density at radius 3 is 3.18 bits per heavy atom. The molecule has 0 fully saturated rings. The molecule has 2 rings (SSSR count). The summed E-state index contributed by atoms with van der Waals surface area (Å²) in [6.07, 6.45) is 3.15. The molecule has 0 spiro atoms. The van der Waals surface area contributed by atoms with Crippen LogP contribution in [0.3, 0.4) is 0 Å². The minimum absolute atomic E-state index is 0.398. The largest absolute Gasteiger partial charge is 0.239 e. The fourth-order valence-electron chi connectivity index (χ4n) is 0.745. The first-order valence-electron chi connectivity index (χ1n) is 2.79. The van der Waals surface area contributed by atoms with Crippen molar-refractivity contribution in [3.05, 3.63) is 22.3 Å². The zero-order valence-corrected chi connectivity index (χ0v) is 7.54. The Labute approximate surface area is 75.3 Å². The van der Waals surface area contributed by atoms with Gasteiger partial charge in [0.05, 0.1) is 12.4 Å². The maximum Gasteiger partial charge on any atom is 0.218 e. The summed E-state index contributed by atoms with van der Waals surface area (Å²) in [5.74, 6) is 0. The predicted molar refractivity (Wildman–Crippen MR) is 43.5 cm³/mol. The van der Waals surface area contributed by atoms with E-state index in [0.717, 1.165) is 0 Å². The van der Waals surface area contributed by atoms with Crippen molar-refractivity contribution >= 4 is 33.2 Å². The van der Waals surface area contributed by atoms with E-state index in [9.17, 15) is 0 Å². The van der Waals surface area contributed by atoms with Crippen LogP contribution in [0.1, 0.15) is 0 Å². The molecule has 6 heteroatoms. The lowest BCUT2D eigenvalue weighted by Crippen LogP contribution is -1.87. The van der Waals surface area contributed by atoms with E-state index < -0.39 is 0 Å². The second-order valence-electron chi connectivity index (χ2n) is 1.89. The van der Waals surface area contributed by atoms with Gasteiger partial charge in [0.1, 0.15) is 5.15 Å². The van der Waals surface area contributed by atoms with Gasteiger partial charge < -0.3 is 0 Å². The number of hydrogen-bond acceptors (Lipinski definition) is 3. The van der Waals surface area contributed by atoms with Crippen molar-refractivity contribution in [2.45, 2.75) is 0 Å². The molecule has 56 valence electrons. The molecule has 11 heavy (non-hydrogen) atoms. The summed E-state index contributed by atoms with van der Waals surface area (Å²) in [6.45, 7) is 0. The standard InChI is InChI=1S/C5H2BrClN4/c6-5-9-4-1-8-3(7)2-11(4)10-5/h1-2H. The third-order valence-electron chi connectivity index (χ3n) is 1.16. The highest BCUT2D eigenvalue weighted by Gasteiger charge is 1.99. The third-order valence-corrected chi connectivity index (χ3v) is 1.70. The van der Waals surface area contributed by atoms with E-state index in [2.05, 4.69) is 31.0 Å². The monoisotopic (exact) mass is 232 g/mol. The van der Waals surface area contributed by atoms with Crippen LogP contribution in [-0.4, -0.2) is 19.6 Å². The second-order valence-corrected chi connectivity index (χ2v) is 2.99. The van der Waals surface area contributed by atoms with Crippen molar-refractivity contribution in [1.82, 2.24) is 19.6 Å². The Bertz CT molecular complexity index is 398. The van der Waals surface area contributed by atoms with Crippen molar-refractivity contribution in [2.24, 2.45) is 0 Å². The molecule has 2 aromatic heterocycles. The second kappa shape index (κ2) is 2.42. The van der Waals surface area contributed by atoms with Gasteiger partial charge in [0.2, 0.25) is 4.73 Å². The van der Waals surface area contributed by atoms with Gasteiger partial charge in [0, 0.05) is 0 Å². The number of nitrogens with zero attached hydrogens (tertiary/aromatic N) is 4. The highest BCUT2D eigenvalue weighted by atomic mass is 79.9. The zero-order valence-electron chi connectivity index (χ0n) is 5.20. The molecule has 2 heterocycles. The number of aromatic nitrogens is 4. The molecule has 0 saturated carbocycles. The summed E-state index contributed by atoms with van der Waals surface area (Å²) in [5, 5.41) is 4.37. The van der Waals surface area contributed by atoms with Crippen molar-refractivity contribution in [1.29, 1.82) is 0 Å². The third kappa shape index (κ3) is 1.21. The zero-order chi connectivity index (χ0) is 7.84. The van der Waals surface area contributed by atoms with Gasteiger partial charge in [0.25, 0.3) is 0 Å². The molecule has 0 aromatic carbocycles. The van der Waals surface area contributed by atoms with Crippen molar-refractivity contribution in [3.8, 4) is 0 Å². The van der Waals surface area contributed by atoms with E-state index in [1.807, 2.05) is 0 Å². The van der Waals surface area contributed by atoms with E-state index in [1.54, 1.807) is 16.9 Å². The number of fused-ring (bicyclic) bond motifs is 1. The molecule has 0 unspecified atom stereocenters. The van der Waals surface area contributed by atoms with Gasteiger partial charge in [0.15, 0.2) is 5.65 Å². The van der Waals surface area contributed by atoms with E-state index in [1.165, 1.54) is 0 Å². The lowest BCUT2D eigenvalue weighted by molar-refractivity contribution is 0.933. The first-order valence-corrected chi connectivity index (χ1v) is 3.96. The Morgan fingerprint density at radius 1 is 1.55 bits per heavy atom. The Morgan fingerprint density at radius 2 is 2.36 bits per heavy atom. The highest BCUT2D eigenvalue weighted by molar-refractivity contribution is 9.10. The van der Waals surface area contributed by atoms with Crippen LogP contribution in [0.4, 0.5) is 0 Å². The molecular formula is C5H2BrClN4. The van der Waals surface area contributed by atoms with Crippen molar-refractivity contribution in [3.63, 3.8) is 0 Å². The molecule has 0 bridgehead atoms. The van der Waals surface area contributed by atoms with Gasteiger partial charge in [-0.3, -0.25) is 0 Å². The normalized spacial score (nSPS) is 10.7. The molecule has 0 N–H and O–H groups in total. The fourth-order valence-corrected chi connectivity index (χ4v) is 1.24. The van der Waals surface area contributed by atoms with Gasteiger partial charge in [-0.2, -0.15) is 4.98 Å². The van der Waals surface area contributed by atoms with Crippen LogP contribution < -0.4 is 0 Å². The molecule has 0 amide bonds. The first-order chi connectivity index (χ1) is 5.25. The average Bonchev–Trinajstić information content (AvgIpc) is 2.27. The van der Waals surface area contributed by atoms with Crippen molar-refractivity contribution in [2.75, 3.05) is 0 Å². The van der Waals surface area contributed by atoms with Crippen LogP contribution in [-0.2, 0) is 0 Å². The van der Waals surface area contributed by atoms with E-state index >= 15 is 0 Å². The number of halogens is 2. The van der Waals surface area contributed by atoms with Gasteiger partial charge in [-0.1, -0.05) is 11.6 Å². The lowest BCUT2D eigenvalue weighted by atomic mass is 10.7. The topological polar surface area (TPSA) is 43.1 Å². The van der Waals surface area contributed by atoms with E-state index in [0.29, 0.717) is 15.5 Å². The van der Waals surface area contributed by atoms with Gasteiger partial charge in [-0.05, 0) is 15.9 Å². The van der Waals surface area contributed by atoms with Crippen LogP contribution in [0.15, 0.2) is 17.1 Å². The number of rotatable bonds is 0. The summed E-state index contributed by atoms with van der Waals surface area (Å²) >= 11 is 8.75. The predicted octanol–water partition coefficient (Wildman–Crippen LogP) is 1.54. The van der Waals surface area contributed by atoms with Gasteiger partial charge in [-0.25, -0.2) is 9.50 Å². The van der Waals surface area contributed by atoms with Crippen LogP contribution >= 0.6 is 27.5 Å². The lowest BCUT2D eigenvalue weighted by Gasteiger charge is -1.88. The highest BCUT2D eigenvalue weighted by Crippen LogP contribution is 2.08. The van der Waals surface area contributed by atoms with E-state index in [-0.39, 0.29) is 0 Å². The average molecular weight is 233 g/mol. The minimum Gasteiger partial charge on any atom is -0.239 e. The molecule has 0 radical (unpaired) electrons. The van der Waals surface area contributed by atoms with Crippen LogP contribution in [0.2, 0.25) is 5.15 Å². The molecule has 0 aliphatic carbocycles. The van der Waals surface area contributed by atoms with Crippen LogP contribution in [0.5, 0.6) is 0 Å². The summed E-state index contributed by atoms with van der Waals surface area (Å²) in [4.78, 5) is 7.84. The summed E-state index contributed by atoms with van der Waals surface area (Å²) in [6, 6.07) is 0. The molecule has 0 aliphatic heterocycles. The summed E-state index contributed by atoms with van der Waals surface area (Å²) in [5.41, 5.74) is 0.668. The Balaban J connectivity index is 2.82. The SMILES string of the molecule is Clc1cn2nc(Br)nc2cn1. The number of hydrogen-bond donors (Lipinski definition) is 0. The summed E-state index contributed by atoms with van der Waals surface area (Å²) < 4.78 is 2.08. The maximum absolute atomic E-state index is 5.61. The minimum atomic E-state index is 0.398. The molecular weight excluding hydrogens is 231 g/mol. The first kappa shape index (κ1) is 7.00.